The molecule has 0 aromatic heterocycles. The average molecular weight is 421 g/mol. The van der Waals surface area contributed by atoms with Crippen molar-refractivity contribution in [1.82, 2.24) is 9.80 Å². The number of halogens is 1. The third-order valence-electron chi connectivity index (χ3n) is 5.28. The molecule has 4 amide bonds. The largest absolute Gasteiger partial charge is 0.463 e. The zero-order chi connectivity index (χ0) is 21.1. The summed E-state index contributed by atoms with van der Waals surface area (Å²) in [4.78, 5) is 52.2. The maximum Gasteiger partial charge on any atom is 0.333 e. The molecular weight excluding hydrogens is 396 g/mol. The summed E-state index contributed by atoms with van der Waals surface area (Å²) < 4.78 is 5.26. The van der Waals surface area contributed by atoms with Gasteiger partial charge >= 0.3 is 12.0 Å². The molecule has 2 atom stereocenters. The van der Waals surface area contributed by atoms with Gasteiger partial charge in [-0.3, -0.25) is 24.2 Å². The van der Waals surface area contributed by atoms with Crippen molar-refractivity contribution in [1.29, 1.82) is 0 Å². The minimum Gasteiger partial charge on any atom is -0.463 e. The summed E-state index contributed by atoms with van der Waals surface area (Å²) in [6.07, 6.45) is 1.38. The second-order valence-electron chi connectivity index (χ2n) is 7.80. The maximum absolute atomic E-state index is 12.9. The smallest absolute Gasteiger partial charge is 0.333 e. The lowest BCUT2D eigenvalue weighted by Crippen LogP contribution is -2.58. The van der Waals surface area contributed by atoms with Crippen LogP contribution < -0.4 is 0 Å². The van der Waals surface area contributed by atoms with Gasteiger partial charge in [-0.25, -0.2) is 4.79 Å². The SMILES string of the molecule is CC(C)OC(=O)[C@H]1CC[C@@H](N2C(=O)CC(=O)N(CCc3cccc(Cl)c3)C2=O)C1. The van der Waals surface area contributed by atoms with Crippen molar-refractivity contribution in [2.75, 3.05) is 6.54 Å². The molecule has 0 radical (unpaired) electrons. The molecule has 0 bridgehead atoms. The number of hydrogen-bond acceptors (Lipinski definition) is 5. The number of amides is 4. The van der Waals surface area contributed by atoms with Crippen LogP contribution in [0.4, 0.5) is 4.79 Å². The highest BCUT2D eigenvalue weighted by atomic mass is 35.5. The minimum atomic E-state index is -0.601. The van der Waals surface area contributed by atoms with E-state index in [0.29, 0.717) is 30.7 Å². The number of urea groups is 1. The Bertz CT molecular complexity index is 825. The van der Waals surface area contributed by atoms with E-state index >= 15 is 0 Å². The Morgan fingerprint density at radius 1 is 1.21 bits per heavy atom. The van der Waals surface area contributed by atoms with Gasteiger partial charge in [0.15, 0.2) is 0 Å². The second-order valence-corrected chi connectivity index (χ2v) is 8.23. The molecule has 0 unspecified atom stereocenters. The van der Waals surface area contributed by atoms with Crippen LogP contribution in [0.25, 0.3) is 0 Å². The van der Waals surface area contributed by atoms with Crippen molar-refractivity contribution >= 4 is 35.4 Å². The Kier molecular flexibility index (Phi) is 6.57. The third kappa shape index (κ3) is 4.96. The van der Waals surface area contributed by atoms with Crippen LogP contribution in [0.15, 0.2) is 24.3 Å². The monoisotopic (exact) mass is 420 g/mol. The predicted molar refractivity (Wildman–Crippen MR) is 106 cm³/mol. The maximum atomic E-state index is 12.9. The highest BCUT2D eigenvalue weighted by molar-refractivity contribution is 6.30. The zero-order valence-corrected chi connectivity index (χ0v) is 17.4. The van der Waals surface area contributed by atoms with Crippen LogP contribution in [0.5, 0.6) is 0 Å². The number of benzene rings is 1. The van der Waals surface area contributed by atoms with Gasteiger partial charge in [-0.1, -0.05) is 23.7 Å². The standard InChI is InChI=1S/C21H25ClN2O5/c1-13(2)29-20(27)15-6-7-17(11-15)24-19(26)12-18(25)23(21(24)28)9-8-14-4-3-5-16(22)10-14/h3-5,10,13,15,17H,6-9,11-12H2,1-2H3/t15-,17+/m0/s1. The van der Waals surface area contributed by atoms with Crippen LogP contribution in [-0.4, -0.2) is 52.3 Å². The Hall–Kier alpha value is -2.41. The molecule has 1 saturated carbocycles. The van der Waals surface area contributed by atoms with Crippen LogP contribution in [0.1, 0.15) is 45.1 Å². The zero-order valence-electron chi connectivity index (χ0n) is 16.6. The number of nitrogens with zero attached hydrogens (tertiary/aromatic N) is 2. The lowest BCUT2D eigenvalue weighted by atomic mass is 10.1. The summed E-state index contributed by atoms with van der Waals surface area (Å²) in [7, 11) is 0. The van der Waals surface area contributed by atoms with Gasteiger partial charge in [-0.05, 0) is 57.2 Å². The summed E-state index contributed by atoms with van der Waals surface area (Å²) in [5, 5.41) is 0.584. The third-order valence-corrected chi connectivity index (χ3v) is 5.51. The Morgan fingerprint density at radius 2 is 1.97 bits per heavy atom. The normalized spacial score (nSPS) is 22.6. The van der Waals surface area contributed by atoms with Gasteiger partial charge in [0, 0.05) is 17.6 Å². The number of imide groups is 2. The van der Waals surface area contributed by atoms with E-state index in [9.17, 15) is 19.2 Å². The van der Waals surface area contributed by atoms with Crippen molar-refractivity contribution in [3.8, 4) is 0 Å². The minimum absolute atomic E-state index is 0.174. The molecule has 0 spiro atoms. The molecule has 1 aromatic carbocycles. The molecule has 3 rings (SSSR count). The van der Waals surface area contributed by atoms with Gasteiger partial charge in [-0.2, -0.15) is 0 Å². The first-order valence-electron chi connectivity index (χ1n) is 9.87. The second kappa shape index (κ2) is 8.95. The fraction of sp³-hybridized carbons (Fsp3) is 0.524. The molecule has 1 aromatic rings. The topological polar surface area (TPSA) is 84.0 Å². The van der Waals surface area contributed by atoms with Gasteiger partial charge < -0.3 is 4.74 Å². The van der Waals surface area contributed by atoms with Crippen LogP contribution in [0.2, 0.25) is 5.02 Å². The fourth-order valence-electron chi connectivity index (χ4n) is 3.90. The van der Waals surface area contributed by atoms with Crippen molar-refractivity contribution < 1.29 is 23.9 Å². The number of hydrogen-bond donors (Lipinski definition) is 0. The van der Waals surface area contributed by atoms with Crippen molar-refractivity contribution in [2.24, 2.45) is 5.92 Å². The van der Waals surface area contributed by atoms with Gasteiger partial charge in [0.25, 0.3) is 0 Å². The van der Waals surface area contributed by atoms with E-state index < -0.39 is 17.8 Å². The Labute approximate surface area is 174 Å². The highest BCUT2D eigenvalue weighted by Crippen LogP contribution is 2.33. The van der Waals surface area contributed by atoms with Gasteiger partial charge in [-0.15, -0.1) is 0 Å². The average Bonchev–Trinajstić information content (AvgIpc) is 3.10. The van der Waals surface area contributed by atoms with E-state index in [2.05, 4.69) is 0 Å². The molecular formula is C21H25ClN2O5. The molecule has 156 valence electrons. The molecule has 1 heterocycles. The molecule has 2 aliphatic rings. The van der Waals surface area contributed by atoms with Crippen LogP contribution in [-0.2, 0) is 25.5 Å². The van der Waals surface area contributed by atoms with Crippen LogP contribution >= 0.6 is 11.6 Å². The van der Waals surface area contributed by atoms with Crippen molar-refractivity contribution in [2.45, 2.75) is 58.1 Å². The van der Waals surface area contributed by atoms with Gasteiger partial charge in [0.2, 0.25) is 11.8 Å². The Morgan fingerprint density at radius 3 is 2.66 bits per heavy atom. The molecule has 1 aliphatic carbocycles. The highest BCUT2D eigenvalue weighted by Gasteiger charge is 2.45. The first-order chi connectivity index (χ1) is 13.8. The number of rotatable bonds is 6. The van der Waals surface area contributed by atoms with Crippen LogP contribution in [0, 0.1) is 5.92 Å². The lowest BCUT2D eigenvalue weighted by molar-refractivity contribution is -0.153. The molecule has 8 heteroatoms. The first-order valence-corrected chi connectivity index (χ1v) is 10.3. The summed E-state index contributed by atoms with van der Waals surface area (Å²) >= 11 is 5.98. The van der Waals surface area contributed by atoms with Crippen LogP contribution in [0.3, 0.4) is 0 Å². The Balaban J connectivity index is 1.66. The molecule has 0 N–H and O–H groups in total. The van der Waals surface area contributed by atoms with E-state index in [0.717, 1.165) is 10.5 Å². The van der Waals surface area contributed by atoms with Crippen molar-refractivity contribution in [3.05, 3.63) is 34.9 Å². The predicted octanol–water partition coefficient (Wildman–Crippen LogP) is 3.18. The van der Waals surface area contributed by atoms with E-state index in [-0.39, 0.29) is 37.0 Å². The summed E-state index contributed by atoms with van der Waals surface area (Å²) in [6, 6.07) is 6.23. The summed E-state index contributed by atoms with van der Waals surface area (Å²) in [5.41, 5.74) is 0.902. The van der Waals surface area contributed by atoms with E-state index in [1.54, 1.807) is 26.0 Å². The first kappa shape index (κ1) is 21.3. The molecule has 29 heavy (non-hydrogen) atoms. The number of esters is 1. The number of ether oxygens (including phenoxy) is 1. The lowest BCUT2D eigenvalue weighted by Gasteiger charge is -2.36. The number of carbonyl (C=O) groups is 4. The number of barbiturate groups is 1. The molecule has 2 fully saturated rings. The van der Waals surface area contributed by atoms with Gasteiger partial charge in [0.05, 0.1) is 12.0 Å². The van der Waals surface area contributed by atoms with Gasteiger partial charge in [0.1, 0.15) is 6.42 Å². The van der Waals surface area contributed by atoms with E-state index in [1.165, 1.54) is 4.90 Å². The molecule has 7 nitrogen and oxygen atoms in total. The van der Waals surface area contributed by atoms with E-state index in [1.807, 2.05) is 12.1 Å². The summed E-state index contributed by atoms with van der Waals surface area (Å²) in [6.45, 7) is 3.74. The number of carbonyl (C=O) groups excluding carboxylic acids is 4. The van der Waals surface area contributed by atoms with Crippen molar-refractivity contribution in [3.63, 3.8) is 0 Å². The molecule has 1 aliphatic heterocycles. The summed E-state index contributed by atoms with van der Waals surface area (Å²) in [5.74, 6) is -1.62. The fourth-order valence-corrected chi connectivity index (χ4v) is 4.11. The quantitative estimate of drug-likeness (QED) is 0.521. The van der Waals surface area contributed by atoms with E-state index in [4.69, 9.17) is 16.3 Å². The molecule has 1 saturated heterocycles.